The average Bonchev–Trinajstić information content (AvgIpc) is 3.56. The number of benzene rings is 6. The summed E-state index contributed by atoms with van der Waals surface area (Å²) in [4.78, 5) is 2.28. The molecule has 0 N–H and O–H groups in total. The Balaban J connectivity index is 0.000000182. The molecule has 306 valence electrons. The van der Waals surface area contributed by atoms with Gasteiger partial charge in [-0.05, 0) is 83.5 Å². The summed E-state index contributed by atoms with van der Waals surface area (Å²) in [5.41, 5.74) is 18.4. The summed E-state index contributed by atoms with van der Waals surface area (Å²) in [6.45, 7) is 18.1. The number of allylic oxidation sites excluding steroid dienone is 4. The zero-order valence-corrected chi connectivity index (χ0v) is 37.7. The molecule has 5 heteroatoms. The molecule has 2 aliphatic rings. The summed E-state index contributed by atoms with van der Waals surface area (Å²) in [5, 5.41) is 0. The van der Waals surface area contributed by atoms with Crippen molar-refractivity contribution in [2.75, 3.05) is 33.2 Å². The molecule has 6 aromatic carbocycles. The minimum atomic E-state index is -1.32. The second-order valence-electron chi connectivity index (χ2n) is 17.7. The number of nitrogens with zero attached hydrogens (tertiary/aromatic N) is 2. The first-order valence-electron chi connectivity index (χ1n) is 21.2. The molecule has 0 aromatic heterocycles. The van der Waals surface area contributed by atoms with E-state index in [1.54, 1.807) is 14.2 Å². The predicted molar refractivity (Wildman–Crippen MR) is 258 cm³/mol. The van der Waals surface area contributed by atoms with Crippen molar-refractivity contribution in [3.05, 3.63) is 191 Å². The molecule has 60 heavy (non-hydrogen) atoms. The molecular formula is C55H61BN2O2. The summed E-state index contributed by atoms with van der Waals surface area (Å²) in [6.07, 6.45) is 5.36. The SMILES string of the molecule is COc1ccc2c(c1)C(C)(C)C(/C=C/C=C1/N(C)c3ccc(OC)cc3C1(C)C)=[N+]2C.Cc1ccccc1[B-](c1ccccc1C)(c1ccccc1C)c1ccccc1C. The number of methoxy groups -OCH3 is 2. The monoisotopic (exact) mass is 792 g/mol. The second kappa shape index (κ2) is 16.5. The lowest BCUT2D eigenvalue weighted by atomic mass is 9.11. The van der Waals surface area contributed by atoms with Crippen LogP contribution in [0.15, 0.2) is 157 Å². The molecular weight excluding hydrogens is 731 g/mol. The lowest BCUT2D eigenvalue weighted by Gasteiger charge is -2.48. The van der Waals surface area contributed by atoms with Crippen LogP contribution in [0.2, 0.25) is 0 Å². The quantitative estimate of drug-likeness (QED) is 0.113. The van der Waals surface area contributed by atoms with E-state index in [1.165, 1.54) is 78.0 Å². The fourth-order valence-electron chi connectivity index (χ4n) is 10.4. The summed E-state index contributed by atoms with van der Waals surface area (Å²) in [6, 6.07) is 48.3. The maximum atomic E-state index is 5.46. The highest BCUT2D eigenvalue weighted by Crippen LogP contribution is 2.48. The van der Waals surface area contributed by atoms with Gasteiger partial charge < -0.3 is 14.4 Å². The number of aryl methyl sites for hydroxylation is 4. The van der Waals surface area contributed by atoms with Gasteiger partial charge in [0.05, 0.1) is 19.6 Å². The standard InChI is InChI=1S/C28H28B.C27H33N2O2/c1-21-13-5-9-17-25(21)29(26-18-10-6-14-22(26)2,27-19-11-7-15-23(27)3)28-20-12-8-16-24(28)4;1-26(2)20-16-18(30-7)12-14-22(20)28(5)24(26)10-9-11-25-27(3,4)21-17-19(31-8)13-15-23(21)29(25)6/h5-20H,1-4H3;9-17H,1-8H3/q-1;+1. The van der Waals surface area contributed by atoms with Crippen LogP contribution in [-0.4, -0.2) is 44.7 Å². The van der Waals surface area contributed by atoms with Crippen LogP contribution < -0.4 is 36.2 Å². The number of hydrogen-bond acceptors (Lipinski definition) is 3. The molecule has 0 amide bonds. The average molecular weight is 793 g/mol. The molecule has 2 heterocycles. The number of hydrogen-bond donors (Lipinski definition) is 0. The van der Waals surface area contributed by atoms with Gasteiger partial charge in [0.25, 0.3) is 0 Å². The lowest BCUT2D eigenvalue weighted by molar-refractivity contribution is -0.401. The maximum absolute atomic E-state index is 5.46. The highest BCUT2D eigenvalue weighted by Gasteiger charge is 2.43. The molecule has 0 saturated heterocycles. The van der Waals surface area contributed by atoms with Crippen LogP contribution in [-0.2, 0) is 10.8 Å². The highest BCUT2D eigenvalue weighted by atomic mass is 16.5. The first kappa shape index (κ1) is 42.1. The normalized spacial score (nSPS) is 15.8. The van der Waals surface area contributed by atoms with Crippen molar-refractivity contribution in [2.45, 2.75) is 66.2 Å². The summed E-state index contributed by atoms with van der Waals surface area (Å²) >= 11 is 0. The van der Waals surface area contributed by atoms with Gasteiger partial charge in [0.15, 0.2) is 5.71 Å². The molecule has 2 aliphatic heterocycles. The Kier molecular flexibility index (Phi) is 11.6. The Bertz CT molecular complexity index is 2480. The van der Waals surface area contributed by atoms with Gasteiger partial charge >= 0.3 is 0 Å². The van der Waals surface area contributed by atoms with Crippen molar-refractivity contribution >= 4 is 45.1 Å². The van der Waals surface area contributed by atoms with E-state index < -0.39 is 6.15 Å². The fraction of sp³-hybridized carbons (Fsp3) is 0.255. The van der Waals surface area contributed by atoms with E-state index in [9.17, 15) is 0 Å². The third kappa shape index (κ3) is 7.08. The molecule has 0 fully saturated rings. The Morgan fingerprint density at radius 2 is 0.967 bits per heavy atom. The smallest absolute Gasteiger partial charge is 0.209 e. The van der Waals surface area contributed by atoms with Crippen LogP contribution in [0.4, 0.5) is 11.4 Å². The van der Waals surface area contributed by atoms with E-state index in [-0.39, 0.29) is 10.8 Å². The van der Waals surface area contributed by atoms with Crippen molar-refractivity contribution in [2.24, 2.45) is 0 Å². The van der Waals surface area contributed by atoms with Gasteiger partial charge in [-0.1, -0.05) is 139 Å². The number of likely N-dealkylation sites (N-methyl/N-ethyl adjacent to an activating group) is 1. The Morgan fingerprint density at radius 3 is 1.40 bits per heavy atom. The largest absolute Gasteiger partial charge is 0.497 e. The predicted octanol–water partition coefficient (Wildman–Crippen LogP) is 9.88. The van der Waals surface area contributed by atoms with Crippen molar-refractivity contribution in [1.82, 2.24) is 0 Å². The summed E-state index contributed by atoms with van der Waals surface area (Å²) in [5.74, 6) is 1.80. The molecule has 0 saturated carbocycles. The number of ether oxygens (including phenoxy) is 2. The topological polar surface area (TPSA) is 24.7 Å². The molecule has 6 aromatic rings. The lowest BCUT2D eigenvalue weighted by Crippen LogP contribution is -2.76. The van der Waals surface area contributed by atoms with Crippen molar-refractivity contribution in [3.8, 4) is 11.5 Å². The summed E-state index contributed by atoms with van der Waals surface area (Å²) in [7, 11) is 7.72. The van der Waals surface area contributed by atoms with Crippen molar-refractivity contribution in [3.63, 3.8) is 0 Å². The zero-order valence-electron chi connectivity index (χ0n) is 37.7. The number of anilines is 1. The van der Waals surface area contributed by atoms with Crippen LogP contribution in [0.5, 0.6) is 11.5 Å². The van der Waals surface area contributed by atoms with Crippen LogP contribution in [0.25, 0.3) is 0 Å². The van der Waals surface area contributed by atoms with Crippen LogP contribution in [0.1, 0.15) is 61.1 Å². The van der Waals surface area contributed by atoms with Gasteiger partial charge in [0.2, 0.25) is 5.69 Å². The van der Waals surface area contributed by atoms with E-state index in [1.807, 2.05) is 12.1 Å². The van der Waals surface area contributed by atoms with Gasteiger partial charge in [0.1, 0.15) is 24.7 Å². The Hall–Kier alpha value is -6.07. The third-order valence-electron chi connectivity index (χ3n) is 13.6. The molecule has 0 radical (unpaired) electrons. The van der Waals surface area contributed by atoms with E-state index in [2.05, 4.69) is 219 Å². The van der Waals surface area contributed by atoms with Gasteiger partial charge in [-0.2, -0.15) is 26.4 Å². The van der Waals surface area contributed by atoms with Crippen LogP contribution >= 0.6 is 0 Å². The fourth-order valence-corrected chi connectivity index (χ4v) is 10.4. The Labute approximate surface area is 359 Å². The molecule has 4 nitrogen and oxygen atoms in total. The van der Waals surface area contributed by atoms with E-state index >= 15 is 0 Å². The summed E-state index contributed by atoms with van der Waals surface area (Å²) < 4.78 is 13.2. The van der Waals surface area contributed by atoms with E-state index in [4.69, 9.17) is 9.47 Å². The maximum Gasteiger partial charge on any atom is 0.209 e. The molecule has 0 bridgehead atoms. The van der Waals surface area contributed by atoms with E-state index in [0.29, 0.717) is 0 Å². The zero-order chi connectivity index (χ0) is 43.0. The van der Waals surface area contributed by atoms with Crippen molar-refractivity contribution in [1.29, 1.82) is 0 Å². The third-order valence-corrected chi connectivity index (χ3v) is 13.6. The first-order chi connectivity index (χ1) is 28.7. The number of fused-ring (bicyclic) bond motifs is 2. The molecule has 0 aliphatic carbocycles. The minimum Gasteiger partial charge on any atom is -0.497 e. The van der Waals surface area contributed by atoms with Gasteiger partial charge in [0, 0.05) is 41.6 Å². The van der Waals surface area contributed by atoms with Crippen LogP contribution in [0, 0.1) is 27.7 Å². The molecule has 8 rings (SSSR count). The number of rotatable bonds is 8. The highest BCUT2D eigenvalue weighted by molar-refractivity contribution is 7.20. The van der Waals surface area contributed by atoms with E-state index in [0.717, 1.165) is 11.5 Å². The van der Waals surface area contributed by atoms with Crippen molar-refractivity contribution < 1.29 is 14.0 Å². The van der Waals surface area contributed by atoms with Gasteiger partial charge in [-0.3, -0.25) is 0 Å². The Morgan fingerprint density at radius 1 is 0.550 bits per heavy atom. The van der Waals surface area contributed by atoms with Crippen LogP contribution in [0.3, 0.4) is 0 Å². The molecule has 0 spiro atoms. The second-order valence-corrected chi connectivity index (χ2v) is 17.7. The van der Waals surface area contributed by atoms with Gasteiger partial charge in [-0.15, -0.1) is 0 Å². The van der Waals surface area contributed by atoms with Gasteiger partial charge in [-0.25, -0.2) is 0 Å². The molecule has 0 unspecified atom stereocenters. The molecule has 0 atom stereocenters. The first-order valence-corrected chi connectivity index (χ1v) is 21.2. The minimum absolute atomic E-state index is 0.0962.